The highest BCUT2D eigenvalue weighted by molar-refractivity contribution is 6.33. The molecule has 1 aliphatic heterocycles. The van der Waals surface area contributed by atoms with Gasteiger partial charge in [0.2, 0.25) is 0 Å². The summed E-state index contributed by atoms with van der Waals surface area (Å²) in [6.07, 6.45) is 2.30. The minimum atomic E-state index is 0.370. The van der Waals surface area contributed by atoms with E-state index in [1.807, 2.05) is 0 Å². The van der Waals surface area contributed by atoms with Gasteiger partial charge in [-0.3, -0.25) is 0 Å². The van der Waals surface area contributed by atoms with Crippen LogP contribution in [0.5, 0.6) is 0 Å². The monoisotopic (exact) mass is 260 g/mol. The molecule has 1 aromatic rings. The highest BCUT2D eigenvalue weighted by Gasteiger charge is 2.21. The zero-order valence-corrected chi connectivity index (χ0v) is 10.4. The van der Waals surface area contributed by atoms with Gasteiger partial charge >= 0.3 is 0 Å². The molecule has 0 amide bonds. The Bertz CT molecular complexity index is 372. The van der Waals surface area contributed by atoms with Gasteiger partial charge in [-0.2, -0.15) is 0 Å². The number of hydrogen-bond acceptors (Lipinski definition) is 4. The number of nitrogens with zero attached hydrogens (tertiary/aromatic N) is 3. The molecule has 2 N–H and O–H groups in total. The van der Waals surface area contributed by atoms with Crippen molar-refractivity contribution in [1.29, 1.82) is 0 Å². The second-order valence-electron chi connectivity index (χ2n) is 4.03. The van der Waals surface area contributed by atoms with Gasteiger partial charge in [-0.15, -0.1) is 10.2 Å². The smallest absolute Gasteiger partial charge is 0.175 e. The Morgan fingerprint density at radius 3 is 3.00 bits per heavy atom. The molecule has 0 spiro atoms. The number of rotatable bonds is 2. The van der Waals surface area contributed by atoms with E-state index >= 15 is 0 Å². The first-order valence-corrected chi connectivity index (χ1v) is 6.10. The molecule has 1 aromatic heterocycles. The molecule has 1 fully saturated rings. The molecule has 0 saturated carbocycles. The summed E-state index contributed by atoms with van der Waals surface area (Å²) < 4.78 is 0. The van der Waals surface area contributed by atoms with E-state index < -0.39 is 0 Å². The van der Waals surface area contributed by atoms with Gasteiger partial charge in [-0.05, 0) is 25.3 Å². The van der Waals surface area contributed by atoms with Gasteiger partial charge in [0.15, 0.2) is 10.3 Å². The molecule has 1 saturated heterocycles. The van der Waals surface area contributed by atoms with Crippen molar-refractivity contribution in [2.24, 2.45) is 11.7 Å². The first kappa shape index (κ1) is 11.9. The quantitative estimate of drug-likeness (QED) is 0.884. The van der Waals surface area contributed by atoms with Crippen LogP contribution in [0.1, 0.15) is 12.8 Å². The fraction of sp³-hybridized carbons (Fsp3) is 0.600. The number of piperidine rings is 1. The molecule has 0 aliphatic carbocycles. The molecule has 2 rings (SSSR count). The lowest BCUT2D eigenvalue weighted by atomic mass is 9.98. The average molecular weight is 261 g/mol. The Kier molecular flexibility index (Phi) is 3.84. The van der Waals surface area contributed by atoms with Crippen LogP contribution in [0.15, 0.2) is 6.07 Å². The molecule has 6 heteroatoms. The van der Waals surface area contributed by atoms with Crippen LogP contribution in [-0.4, -0.2) is 29.8 Å². The van der Waals surface area contributed by atoms with Crippen molar-refractivity contribution in [1.82, 2.24) is 10.2 Å². The first-order chi connectivity index (χ1) is 7.70. The van der Waals surface area contributed by atoms with E-state index in [1.54, 1.807) is 6.07 Å². The second kappa shape index (κ2) is 5.17. The van der Waals surface area contributed by atoms with E-state index in [2.05, 4.69) is 15.1 Å². The van der Waals surface area contributed by atoms with Gasteiger partial charge in [0, 0.05) is 19.2 Å². The highest BCUT2D eigenvalue weighted by atomic mass is 35.5. The summed E-state index contributed by atoms with van der Waals surface area (Å²) in [4.78, 5) is 2.18. The maximum absolute atomic E-state index is 6.02. The Labute approximate surface area is 105 Å². The summed E-state index contributed by atoms with van der Waals surface area (Å²) >= 11 is 11.8. The summed E-state index contributed by atoms with van der Waals surface area (Å²) in [7, 11) is 0. The summed E-state index contributed by atoms with van der Waals surface area (Å²) in [6.45, 7) is 2.59. The van der Waals surface area contributed by atoms with Crippen molar-refractivity contribution < 1.29 is 0 Å². The normalized spacial score (nSPS) is 21.2. The largest absolute Gasteiger partial charge is 0.369 e. The van der Waals surface area contributed by atoms with Gasteiger partial charge in [-0.1, -0.05) is 23.2 Å². The van der Waals surface area contributed by atoms with Crippen LogP contribution in [0.25, 0.3) is 0 Å². The van der Waals surface area contributed by atoms with Gasteiger partial charge in [0.05, 0.1) is 5.69 Å². The van der Waals surface area contributed by atoms with E-state index in [-0.39, 0.29) is 0 Å². The Balaban J connectivity index is 2.19. The average Bonchev–Trinajstić information content (AvgIpc) is 2.32. The number of aromatic nitrogens is 2. The first-order valence-electron chi connectivity index (χ1n) is 5.34. The highest BCUT2D eigenvalue weighted by Crippen LogP contribution is 2.29. The molecular formula is C10H14Cl2N4. The zero-order chi connectivity index (χ0) is 11.5. The van der Waals surface area contributed by atoms with E-state index in [1.165, 1.54) is 6.42 Å². The van der Waals surface area contributed by atoms with Crippen molar-refractivity contribution in [3.05, 3.63) is 16.4 Å². The lowest BCUT2D eigenvalue weighted by molar-refractivity contribution is 0.423. The molecule has 1 aliphatic rings. The Hall–Kier alpha value is -0.580. The van der Waals surface area contributed by atoms with E-state index in [0.29, 0.717) is 22.8 Å². The third-order valence-corrected chi connectivity index (χ3v) is 3.35. The summed E-state index contributed by atoms with van der Waals surface area (Å²) in [5.41, 5.74) is 6.56. The lowest BCUT2D eigenvalue weighted by Crippen LogP contribution is -2.38. The number of hydrogen-bond donors (Lipinski definition) is 1. The van der Waals surface area contributed by atoms with E-state index in [4.69, 9.17) is 28.9 Å². The molecule has 0 aromatic carbocycles. The fourth-order valence-corrected chi connectivity index (χ4v) is 2.40. The zero-order valence-electron chi connectivity index (χ0n) is 8.87. The van der Waals surface area contributed by atoms with Crippen LogP contribution in [0.2, 0.25) is 10.3 Å². The molecule has 4 nitrogen and oxygen atoms in total. The van der Waals surface area contributed by atoms with E-state index in [0.717, 1.165) is 25.2 Å². The van der Waals surface area contributed by atoms with Crippen molar-refractivity contribution >= 4 is 28.9 Å². The molecule has 1 unspecified atom stereocenters. The SMILES string of the molecule is NCC1CCCN(c2cc(Cl)nnc2Cl)C1. The van der Waals surface area contributed by atoms with E-state index in [9.17, 15) is 0 Å². The minimum absolute atomic E-state index is 0.370. The van der Waals surface area contributed by atoms with Gasteiger partial charge in [-0.25, -0.2) is 0 Å². The van der Waals surface area contributed by atoms with Gasteiger partial charge < -0.3 is 10.6 Å². The molecule has 88 valence electrons. The van der Waals surface area contributed by atoms with Crippen LogP contribution in [0, 0.1) is 5.92 Å². The standard InChI is InChI=1S/C10H14Cl2N4/c11-9-4-8(10(12)15-14-9)16-3-1-2-7(5-13)6-16/h4,7H,1-3,5-6,13H2. The third-order valence-electron chi connectivity index (χ3n) is 2.89. The van der Waals surface area contributed by atoms with Crippen LogP contribution < -0.4 is 10.6 Å². The van der Waals surface area contributed by atoms with Crippen LogP contribution in [0.4, 0.5) is 5.69 Å². The summed E-state index contributed by atoms with van der Waals surface area (Å²) in [5.74, 6) is 0.525. The van der Waals surface area contributed by atoms with Crippen molar-refractivity contribution in [2.75, 3.05) is 24.5 Å². The maximum Gasteiger partial charge on any atom is 0.175 e. The number of nitrogens with two attached hydrogens (primary N) is 1. The topological polar surface area (TPSA) is 55.0 Å². The van der Waals surface area contributed by atoms with Gasteiger partial charge in [0.25, 0.3) is 0 Å². The number of anilines is 1. The van der Waals surface area contributed by atoms with Crippen LogP contribution >= 0.6 is 23.2 Å². The lowest BCUT2D eigenvalue weighted by Gasteiger charge is -2.33. The molecule has 2 heterocycles. The summed E-state index contributed by atoms with van der Waals surface area (Å²) in [6, 6.07) is 1.76. The molecule has 0 radical (unpaired) electrons. The van der Waals surface area contributed by atoms with Gasteiger partial charge in [0.1, 0.15) is 0 Å². The third kappa shape index (κ3) is 2.56. The maximum atomic E-state index is 6.02. The fourth-order valence-electron chi connectivity index (χ4n) is 2.04. The minimum Gasteiger partial charge on any atom is -0.369 e. The van der Waals surface area contributed by atoms with Crippen LogP contribution in [-0.2, 0) is 0 Å². The van der Waals surface area contributed by atoms with Crippen molar-refractivity contribution in [2.45, 2.75) is 12.8 Å². The molecule has 16 heavy (non-hydrogen) atoms. The molecular weight excluding hydrogens is 247 g/mol. The second-order valence-corrected chi connectivity index (χ2v) is 4.78. The van der Waals surface area contributed by atoms with Crippen LogP contribution in [0.3, 0.4) is 0 Å². The molecule has 0 bridgehead atoms. The predicted molar refractivity (Wildman–Crippen MR) is 66.0 cm³/mol. The van der Waals surface area contributed by atoms with Crippen molar-refractivity contribution in [3.8, 4) is 0 Å². The molecule has 1 atom stereocenters. The predicted octanol–water partition coefficient (Wildman–Crippen LogP) is 1.96. The summed E-state index contributed by atoms with van der Waals surface area (Å²) in [5, 5.41) is 8.30. The van der Waals surface area contributed by atoms with Crippen molar-refractivity contribution in [3.63, 3.8) is 0 Å². The Morgan fingerprint density at radius 2 is 2.25 bits per heavy atom. The Morgan fingerprint density at radius 1 is 1.44 bits per heavy atom. The number of halogens is 2.